The van der Waals surface area contributed by atoms with Crippen molar-refractivity contribution in [2.45, 2.75) is 6.92 Å². The van der Waals surface area contributed by atoms with Gasteiger partial charge in [-0.05, 0) is 31.2 Å². The van der Waals surface area contributed by atoms with E-state index < -0.39 is 35.8 Å². The van der Waals surface area contributed by atoms with Gasteiger partial charge in [0.25, 0.3) is 5.91 Å². The maximum atomic E-state index is 13.4. The molecule has 0 bridgehead atoms. The number of esters is 1. The van der Waals surface area contributed by atoms with Gasteiger partial charge in [-0.25, -0.2) is 13.6 Å². The first kappa shape index (κ1) is 15.6. The van der Waals surface area contributed by atoms with E-state index in [9.17, 15) is 18.4 Å². The molecule has 0 heterocycles. The highest BCUT2D eigenvalue weighted by molar-refractivity contribution is 5.95. The smallest absolute Gasteiger partial charge is 0.338 e. The fraction of sp³-hybridized carbons (Fsp3) is 0.125. The summed E-state index contributed by atoms with van der Waals surface area (Å²) >= 11 is 0. The van der Waals surface area contributed by atoms with Crippen LogP contribution in [-0.4, -0.2) is 18.5 Å². The minimum atomic E-state index is -0.904. The SMILES string of the molecule is Cc1cccc(C(=O)OCC(=O)Nc2c(F)cccc2F)c1. The Labute approximate surface area is 125 Å². The number of benzene rings is 2. The van der Waals surface area contributed by atoms with Gasteiger partial charge in [-0.3, -0.25) is 4.79 Å². The summed E-state index contributed by atoms with van der Waals surface area (Å²) < 4.78 is 31.5. The molecule has 0 aliphatic carbocycles. The van der Waals surface area contributed by atoms with E-state index in [2.05, 4.69) is 0 Å². The summed E-state index contributed by atoms with van der Waals surface area (Å²) in [4.78, 5) is 23.3. The van der Waals surface area contributed by atoms with Crippen molar-refractivity contribution in [1.29, 1.82) is 0 Å². The number of hydrogen-bond donors (Lipinski definition) is 1. The highest BCUT2D eigenvalue weighted by Crippen LogP contribution is 2.17. The third kappa shape index (κ3) is 3.88. The normalized spacial score (nSPS) is 10.1. The number of hydrogen-bond acceptors (Lipinski definition) is 3. The van der Waals surface area contributed by atoms with Gasteiger partial charge in [-0.2, -0.15) is 0 Å². The van der Waals surface area contributed by atoms with Crippen LogP contribution in [0.15, 0.2) is 42.5 Å². The molecule has 0 unspecified atom stereocenters. The van der Waals surface area contributed by atoms with Crippen molar-refractivity contribution in [3.05, 3.63) is 65.2 Å². The van der Waals surface area contributed by atoms with Crippen molar-refractivity contribution >= 4 is 17.6 Å². The van der Waals surface area contributed by atoms with Gasteiger partial charge in [-0.1, -0.05) is 23.8 Å². The van der Waals surface area contributed by atoms with Crippen molar-refractivity contribution in [2.24, 2.45) is 0 Å². The summed E-state index contributed by atoms with van der Waals surface area (Å²) in [5.74, 6) is -3.32. The number of nitrogens with one attached hydrogen (secondary N) is 1. The van der Waals surface area contributed by atoms with E-state index in [1.807, 2.05) is 18.3 Å². The van der Waals surface area contributed by atoms with Crippen molar-refractivity contribution in [1.82, 2.24) is 0 Å². The van der Waals surface area contributed by atoms with E-state index in [4.69, 9.17) is 4.74 Å². The molecule has 0 aliphatic heterocycles. The number of carbonyl (C=O) groups is 2. The second-order valence-electron chi connectivity index (χ2n) is 4.59. The zero-order valence-corrected chi connectivity index (χ0v) is 11.7. The quantitative estimate of drug-likeness (QED) is 0.883. The molecular weight excluding hydrogens is 292 g/mol. The first-order valence-electron chi connectivity index (χ1n) is 6.45. The number of aryl methyl sites for hydroxylation is 1. The predicted octanol–water partition coefficient (Wildman–Crippen LogP) is 3.07. The van der Waals surface area contributed by atoms with E-state index in [1.165, 1.54) is 6.07 Å². The zero-order chi connectivity index (χ0) is 16.1. The average molecular weight is 305 g/mol. The summed E-state index contributed by atoms with van der Waals surface area (Å²) in [6, 6.07) is 9.85. The Morgan fingerprint density at radius 3 is 2.36 bits per heavy atom. The van der Waals surface area contributed by atoms with Crippen LogP contribution in [0.2, 0.25) is 0 Å². The summed E-state index contributed by atoms with van der Waals surface area (Å²) in [7, 11) is 0. The Bertz CT molecular complexity index is 696. The summed E-state index contributed by atoms with van der Waals surface area (Å²) in [6.45, 7) is 1.17. The van der Waals surface area contributed by atoms with Gasteiger partial charge < -0.3 is 10.1 Å². The van der Waals surface area contributed by atoms with Gasteiger partial charge in [0.05, 0.1) is 5.56 Å². The molecule has 114 valence electrons. The molecule has 0 fully saturated rings. The fourth-order valence-corrected chi connectivity index (χ4v) is 1.78. The Morgan fingerprint density at radius 2 is 1.73 bits per heavy atom. The number of anilines is 1. The predicted molar refractivity (Wildman–Crippen MR) is 76.4 cm³/mol. The molecule has 2 rings (SSSR count). The molecule has 0 aromatic heterocycles. The number of amides is 1. The van der Waals surface area contributed by atoms with E-state index in [0.29, 0.717) is 5.56 Å². The van der Waals surface area contributed by atoms with Crippen LogP contribution in [0.1, 0.15) is 15.9 Å². The maximum Gasteiger partial charge on any atom is 0.338 e. The van der Waals surface area contributed by atoms with Crippen molar-refractivity contribution in [2.75, 3.05) is 11.9 Å². The number of para-hydroxylation sites is 1. The van der Waals surface area contributed by atoms with Crippen LogP contribution in [0.4, 0.5) is 14.5 Å². The van der Waals surface area contributed by atoms with Gasteiger partial charge in [0.1, 0.15) is 17.3 Å². The van der Waals surface area contributed by atoms with Gasteiger partial charge in [0.15, 0.2) is 6.61 Å². The highest BCUT2D eigenvalue weighted by atomic mass is 19.1. The first-order chi connectivity index (χ1) is 10.5. The van der Waals surface area contributed by atoms with Crippen LogP contribution in [0, 0.1) is 18.6 Å². The van der Waals surface area contributed by atoms with Crippen LogP contribution in [0.25, 0.3) is 0 Å². The summed E-state index contributed by atoms with van der Waals surface area (Å²) in [5.41, 5.74) is 0.594. The lowest BCUT2D eigenvalue weighted by Gasteiger charge is -2.08. The largest absolute Gasteiger partial charge is 0.452 e. The number of rotatable bonds is 4. The monoisotopic (exact) mass is 305 g/mol. The molecule has 1 amide bonds. The summed E-state index contributed by atoms with van der Waals surface area (Å²) in [6.07, 6.45) is 0. The molecule has 0 atom stereocenters. The topological polar surface area (TPSA) is 55.4 Å². The third-order valence-electron chi connectivity index (χ3n) is 2.82. The van der Waals surface area contributed by atoms with Crippen molar-refractivity contribution < 1.29 is 23.1 Å². The zero-order valence-electron chi connectivity index (χ0n) is 11.7. The lowest BCUT2D eigenvalue weighted by atomic mass is 10.1. The van der Waals surface area contributed by atoms with Crippen molar-refractivity contribution in [3.63, 3.8) is 0 Å². The number of halogens is 2. The molecule has 6 heteroatoms. The van der Waals surface area contributed by atoms with Crippen LogP contribution in [0.3, 0.4) is 0 Å². The Hall–Kier alpha value is -2.76. The Morgan fingerprint density at radius 1 is 1.09 bits per heavy atom. The first-order valence-corrected chi connectivity index (χ1v) is 6.45. The van der Waals surface area contributed by atoms with Crippen LogP contribution in [-0.2, 0) is 9.53 Å². The Kier molecular flexibility index (Phi) is 4.83. The molecule has 0 radical (unpaired) electrons. The van der Waals surface area contributed by atoms with Gasteiger partial charge >= 0.3 is 5.97 Å². The molecule has 1 N–H and O–H groups in total. The van der Waals surface area contributed by atoms with Gasteiger partial charge in [0, 0.05) is 0 Å². The van der Waals surface area contributed by atoms with E-state index in [0.717, 1.165) is 17.7 Å². The molecule has 0 saturated carbocycles. The van der Waals surface area contributed by atoms with E-state index in [1.54, 1.807) is 18.2 Å². The van der Waals surface area contributed by atoms with E-state index >= 15 is 0 Å². The molecule has 2 aromatic rings. The van der Waals surface area contributed by atoms with Gasteiger partial charge in [0.2, 0.25) is 0 Å². The van der Waals surface area contributed by atoms with Crippen LogP contribution < -0.4 is 5.32 Å². The number of carbonyl (C=O) groups excluding carboxylic acids is 2. The van der Waals surface area contributed by atoms with Crippen LogP contribution >= 0.6 is 0 Å². The average Bonchev–Trinajstić information content (AvgIpc) is 2.48. The lowest BCUT2D eigenvalue weighted by molar-refractivity contribution is -0.119. The minimum Gasteiger partial charge on any atom is -0.452 e. The van der Waals surface area contributed by atoms with Crippen LogP contribution in [0.5, 0.6) is 0 Å². The lowest BCUT2D eigenvalue weighted by Crippen LogP contribution is -2.22. The molecule has 4 nitrogen and oxygen atoms in total. The molecule has 0 spiro atoms. The molecule has 0 aliphatic rings. The summed E-state index contributed by atoms with van der Waals surface area (Å²) in [5, 5.41) is 2.03. The highest BCUT2D eigenvalue weighted by Gasteiger charge is 2.14. The maximum absolute atomic E-state index is 13.4. The third-order valence-corrected chi connectivity index (χ3v) is 2.82. The number of ether oxygens (including phenoxy) is 1. The second kappa shape index (κ2) is 6.80. The van der Waals surface area contributed by atoms with Crippen molar-refractivity contribution in [3.8, 4) is 0 Å². The molecular formula is C16H13F2NO3. The van der Waals surface area contributed by atoms with Gasteiger partial charge in [-0.15, -0.1) is 0 Å². The standard InChI is InChI=1S/C16H13F2NO3/c1-10-4-2-5-11(8-10)16(21)22-9-14(20)19-15-12(17)6-3-7-13(15)18/h2-8H,9H2,1H3,(H,19,20). The molecule has 0 saturated heterocycles. The molecule has 22 heavy (non-hydrogen) atoms. The molecule has 2 aromatic carbocycles. The Balaban J connectivity index is 1.94. The minimum absolute atomic E-state index is 0.296. The second-order valence-corrected chi connectivity index (χ2v) is 4.59. The van der Waals surface area contributed by atoms with E-state index in [-0.39, 0.29) is 0 Å². The fourth-order valence-electron chi connectivity index (χ4n) is 1.78.